The van der Waals surface area contributed by atoms with Crippen molar-refractivity contribution < 1.29 is 9.53 Å². The topological polar surface area (TPSA) is 55.6 Å². The molecule has 4 heteroatoms. The molecule has 1 aliphatic rings. The lowest BCUT2D eigenvalue weighted by atomic mass is 10.1. The fourth-order valence-corrected chi connectivity index (χ4v) is 2.27. The monoisotopic (exact) mass is 262 g/mol. The van der Waals surface area contributed by atoms with Crippen molar-refractivity contribution in [2.24, 2.45) is 5.92 Å². The second-order valence-electron chi connectivity index (χ2n) is 5.54. The van der Waals surface area contributed by atoms with Gasteiger partial charge in [-0.25, -0.2) is 0 Å². The number of hydrogen-bond acceptors (Lipinski definition) is 3. The Balaban J connectivity index is 1.85. The van der Waals surface area contributed by atoms with E-state index in [1.165, 1.54) is 0 Å². The Labute approximate surface area is 114 Å². The lowest BCUT2D eigenvalue weighted by molar-refractivity contribution is -0.131. The molecular formula is C15H22N2O2. The van der Waals surface area contributed by atoms with Crippen molar-refractivity contribution in [3.05, 3.63) is 24.3 Å². The molecule has 0 bridgehead atoms. The summed E-state index contributed by atoms with van der Waals surface area (Å²) in [5.41, 5.74) is 6.36. The standard InChI is InChI=1S/C15H22N2O2/c1-11(2)9-15(18)17-8-7-14(10-17)19-13-5-3-12(16)4-6-13/h3-6,11,14H,7-10,16H2,1-2H3. The van der Waals surface area contributed by atoms with Crippen LogP contribution in [-0.4, -0.2) is 30.0 Å². The number of amides is 1. The van der Waals surface area contributed by atoms with E-state index in [-0.39, 0.29) is 12.0 Å². The molecule has 2 N–H and O–H groups in total. The number of nitrogens with zero attached hydrogens (tertiary/aromatic N) is 1. The highest BCUT2D eigenvalue weighted by Gasteiger charge is 2.27. The minimum atomic E-state index is 0.0970. The number of rotatable bonds is 4. The van der Waals surface area contributed by atoms with Crippen LogP contribution in [0.2, 0.25) is 0 Å². The molecular weight excluding hydrogens is 240 g/mol. The maximum atomic E-state index is 12.0. The van der Waals surface area contributed by atoms with Crippen molar-refractivity contribution in [2.75, 3.05) is 18.8 Å². The SMILES string of the molecule is CC(C)CC(=O)N1CCC(Oc2ccc(N)cc2)C1. The van der Waals surface area contributed by atoms with Gasteiger partial charge in [0.15, 0.2) is 0 Å². The number of nitrogens with two attached hydrogens (primary N) is 1. The fourth-order valence-electron chi connectivity index (χ4n) is 2.27. The van der Waals surface area contributed by atoms with Gasteiger partial charge in [-0.15, -0.1) is 0 Å². The van der Waals surface area contributed by atoms with Crippen molar-refractivity contribution in [2.45, 2.75) is 32.8 Å². The molecule has 1 amide bonds. The average Bonchev–Trinajstić information content (AvgIpc) is 2.80. The molecule has 1 fully saturated rings. The highest BCUT2D eigenvalue weighted by atomic mass is 16.5. The molecule has 0 aromatic heterocycles. The molecule has 1 aromatic carbocycles. The summed E-state index contributed by atoms with van der Waals surface area (Å²) in [6.45, 7) is 5.62. The van der Waals surface area contributed by atoms with Gasteiger partial charge in [-0.3, -0.25) is 4.79 Å². The quantitative estimate of drug-likeness (QED) is 0.847. The van der Waals surface area contributed by atoms with Crippen LogP contribution < -0.4 is 10.5 Å². The van der Waals surface area contributed by atoms with Gasteiger partial charge < -0.3 is 15.4 Å². The van der Waals surface area contributed by atoms with E-state index in [2.05, 4.69) is 13.8 Å². The first-order valence-electron chi connectivity index (χ1n) is 6.84. The van der Waals surface area contributed by atoms with Crippen molar-refractivity contribution >= 4 is 11.6 Å². The predicted molar refractivity (Wildman–Crippen MR) is 75.9 cm³/mol. The van der Waals surface area contributed by atoms with Crippen LogP contribution in [0.15, 0.2) is 24.3 Å². The third-order valence-corrected chi connectivity index (χ3v) is 3.26. The van der Waals surface area contributed by atoms with Gasteiger partial charge in [-0.2, -0.15) is 0 Å². The van der Waals surface area contributed by atoms with E-state index in [1.807, 2.05) is 29.2 Å². The fraction of sp³-hybridized carbons (Fsp3) is 0.533. The Kier molecular flexibility index (Phi) is 4.30. The first kappa shape index (κ1) is 13.7. The second kappa shape index (κ2) is 5.95. The minimum absolute atomic E-state index is 0.0970. The van der Waals surface area contributed by atoms with Gasteiger partial charge in [0.05, 0.1) is 6.54 Å². The van der Waals surface area contributed by atoms with E-state index < -0.39 is 0 Å². The molecule has 1 heterocycles. The molecule has 1 saturated heterocycles. The number of carbonyl (C=O) groups is 1. The van der Waals surface area contributed by atoms with Gasteiger partial charge in [0, 0.05) is 25.1 Å². The highest BCUT2D eigenvalue weighted by Crippen LogP contribution is 2.20. The van der Waals surface area contributed by atoms with Gasteiger partial charge >= 0.3 is 0 Å². The molecule has 0 saturated carbocycles. The molecule has 0 aliphatic carbocycles. The summed E-state index contributed by atoms with van der Waals surface area (Å²) in [7, 11) is 0. The minimum Gasteiger partial charge on any atom is -0.489 e. The number of anilines is 1. The van der Waals surface area contributed by atoms with Crippen LogP contribution in [0.5, 0.6) is 5.75 Å². The third-order valence-electron chi connectivity index (χ3n) is 3.26. The second-order valence-corrected chi connectivity index (χ2v) is 5.54. The van der Waals surface area contributed by atoms with E-state index in [9.17, 15) is 4.79 Å². The van der Waals surface area contributed by atoms with Crippen molar-refractivity contribution in [1.82, 2.24) is 4.90 Å². The Bertz CT molecular complexity index is 428. The number of benzene rings is 1. The Morgan fingerprint density at radius 2 is 2.11 bits per heavy atom. The van der Waals surface area contributed by atoms with E-state index in [1.54, 1.807) is 0 Å². The zero-order valence-corrected chi connectivity index (χ0v) is 11.6. The molecule has 1 atom stereocenters. The third kappa shape index (κ3) is 3.88. The van der Waals surface area contributed by atoms with Gasteiger partial charge in [0.25, 0.3) is 0 Å². The Morgan fingerprint density at radius 1 is 1.42 bits per heavy atom. The summed E-state index contributed by atoms with van der Waals surface area (Å²) in [6.07, 6.45) is 1.61. The normalized spacial score (nSPS) is 18.9. The van der Waals surface area contributed by atoms with Crippen LogP contribution in [0.1, 0.15) is 26.7 Å². The van der Waals surface area contributed by atoms with Crippen LogP contribution >= 0.6 is 0 Å². The molecule has 0 radical (unpaired) electrons. The molecule has 0 spiro atoms. The first-order chi connectivity index (χ1) is 9.04. The van der Waals surface area contributed by atoms with Crippen LogP contribution in [0.3, 0.4) is 0 Å². The summed E-state index contributed by atoms with van der Waals surface area (Å²) in [6, 6.07) is 7.39. The van der Waals surface area contributed by atoms with Gasteiger partial charge in [0.2, 0.25) is 5.91 Å². The number of ether oxygens (including phenoxy) is 1. The Morgan fingerprint density at radius 3 is 2.74 bits per heavy atom. The van der Waals surface area contributed by atoms with Crippen LogP contribution in [0, 0.1) is 5.92 Å². The number of likely N-dealkylation sites (tertiary alicyclic amines) is 1. The molecule has 1 unspecified atom stereocenters. The van der Waals surface area contributed by atoms with Crippen LogP contribution in [0.4, 0.5) is 5.69 Å². The van der Waals surface area contributed by atoms with E-state index in [4.69, 9.17) is 10.5 Å². The zero-order chi connectivity index (χ0) is 13.8. The van der Waals surface area contributed by atoms with Crippen LogP contribution in [-0.2, 0) is 4.79 Å². The maximum absolute atomic E-state index is 12.0. The number of hydrogen-bond donors (Lipinski definition) is 1. The highest BCUT2D eigenvalue weighted by molar-refractivity contribution is 5.76. The van der Waals surface area contributed by atoms with Gasteiger partial charge in [-0.05, 0) is 30.2 Å². The Hall–Kier alpha value is -1.71. The number of carbonyl (C=O) groups excluding carboxylic acids is 1. The van der Waals surface area contributed by atoms with Gasteiger partial charge in [0.1, 0.15) is 11.9 Å². The summed E-state index contributed by atoms with van der Waals surface area (Å²) in [5.74, 6) is 1.46. The molecule has 4 nitrogen and oxygen atoms in total. The number of nitrogen functional groups attached to an aromatic ring is 1. The first-order valence-corrected chi connectivity index (χ1v) is 6.84. The zero-order valence-electron chi connectivity index (χ0n) is 11.6. The molecule has 2 rings (SSSR count). The van der Waals surface area contributed by atoms with E-state index in [0.29, 0.717) is 18.9 Å². The largest absolute Gasteiger partial charge is 0.489 e. The predicted octanol–water partition coefficient (Wildman–Crippen LogP) is 2.29. The van der Waals surface area contributed by atoms with Gasteiger partial charge in [-0.1, -0.05) is 13.8 Å². The summed E-state index contributed by atoms with van der Waals surface area (Å²) >= 11 is 0. The summed E-state index contributed by atoms with van der Waals surface area (Å²) < 4.78 is 5.87. The lowest BCUT2D eigenvalue weighted by Crippen LogP contribution is -2.31. The lowest BCUT2D eigenvalue weighted by Gasteiger charge is -2.18. The molecule has 104 valence electrons. The maximum Gasteiger partial charge on any atom is 0.222 e. The molecule has 1 aromatic rings. The van der Waals surface area contributed by atoms with E-state index in [0.717, 1.165) is 24.4 Å². The molecule has 19 heavy (non-hydrogen) atoms. The summed E-state index contributed by atoms with van der Waals surface area (Å²) in [5, 5.41) is 0. The van der Waals surface area contributed by atoms with Crippen molar-refractivity contribution in [3.63, 3.8) is 0 Å². The molecule has 1 aliphatic heterocycles. The van der Waals surface area contributed by atoms with Crippen LogP contribution in [0.25, 0.3) is 0 Å². The van der Waals surface area contributed by atoms with E-state index >= 15 is 0 Å². The van der Waals surface area contributed by atoms with Crippen molar-refractivity contribution in [3.8, 4) is 5.75 Å². The average molecular weight is 262 g/mol. The summed E-state index contributed by atoms with van der Waals surface area (Å²) in [4.78, 5) is 13.9. The van der Waals surface area contributed by atoms with Crippen molar-refractivity contribution in [1.29, 1.82) is 0 Å². The smallest absolute Gasteiger partial charge is 0.222 e.